The number of amides is 3. The normalized spacial score (nSPS) is 11.3. The maximum atomic E-state index is 12.1. The van der Waals surface area contributed by atoms with Gasteiger partial charge in [0.05, 0.1) is 36.4 Å². The second kappa shape index (κ2) is 33.8. The van der Waals surface area contributed by atoms with Crippen LogP contribution in [0.4, 0.5) is 0 Å². The number of likely N-dealkylation sites (N-methyl/N-ethyl adjacent to an activating group) is 3. The van der Waals surface area contributed by atoms with E-state index in [1.807, 2.05) is 77.9 Å². The van der Waals surface area contributed by atoms with Crippen molar-refractivity contribution in [1.82, 2.24) is 30.7 Å². The topological polar surface area (TPSA) is 125 Å². The van der Waals surface area contributed by atoms with E-state index in [2.05, 4.69) is 73.1 Å². The third-order valence-corrected chi connectivity index (χ3v) is 11.5. The number of hydrogen-bond donors (Lipinski definition) is 3. The largest absolute Gasteiger partial charge is 0.494 e. The number of ether oxygens (including phenoxy) is 3. The van der Waals surface area contributed by atoms with E-state index in [0.29, 0.717) is 0 Å². The van der Waals surface area contributed by atoms with Crippen molar-refractivity contribution in [2.24, 2.45) is 0 Å². The molecule has 69 heavy (non-hydrogen) atoms. The Morgan fingerprint density at radius 3 is 0.986 bits per heavy atom. The van der Waals surface area contributed by atoms with Crippen LogP contribution in [0.3, 0.4) is 0 Å². The van der Waals surface area contributed by atoms with E-state index >= 15 is 0 Å². The zero-order chi connectivity index (χ0) is 51.9. The first-order valence-corrected chi connectivity index (χ1v) is 25.7. The molecule has 0 aliphatic rings. The summed E-state index contributed by atoms with van der Waals surface area (Å²) in [7, 11) is 10.7. The monoisotopic (exact) mass is 961 g/mol. The lowest BCUT2D eigenvalue weighted by molar-refractivity contribution is -0.135. The predicted octanol–water partition coefficient (Wildman–Crippen LogP) is 9.76. The molecule has 12 heteroatoms. The summed E-state index contributed by atoms with van der Waals surface area (Å²) in [6, 6.07) is 24.7. The quantitative estimate of drug-likeness (QED) is 0.0561. The molecule has 3 aromatic carbocycles. The number of rotatable bonds is 30. The number of nitrogens with zero attached hydrogens (tertiary/aromatic N) is 3. The fourth-order valence-electron chi connectivity index (χ4n) is 7.43. The fourth-order valence-corrected chi connectivity index (χ4v) is 7.43. The van der Waals surface area contributed by atoms with Gasteiger partial charge in [0, 0.05) is 61.9 Å². The Hall–Kier alpha value is -4.65. The van der Waals surface area contributed by atoms with Gasteiger partial charge in [-0.05, 0) is 133 Å². The Kier molecular flexibility index (Phi) is 30.6. The highest BCUT2D eigenvalue weighted by Gasteiger charge is 2.30. The van der Waals surface area contributed by atoms with Crippen molar-refractivity contribution in [2.45, 2.75) is 156 Å². The van der Waals surface area contributed by atoms with Gasteiger partial charge in [0.2, 0.25) is 17.7 Å². The lowest BCUT2D eigenvalue weighted by Gasteiger charge is -2.28. The molecule has 0 aliphatic carbocycles. The molecule has 0 unspecified atom stereocenters. The molecular weight excluding hydrogens is 865 g/mol. The van der Waals surface area contributed by atoms with Gasteiger partial charge in [0.1, 0.15) is 17.2 Å². The summed E-state index contributed by atoms with van der Waals surface area (Å²) in [6.07, 6.45) is 13.2. The van der Waals surface area contributed by atoms with E-state index in [0.717, 1.165) is 102 Å². The van der Waals surface area contributed by atoms with Crippen LogP contribution in [-0.2, 0) is 33.6 Å². The summed E-state index contributed by atoms with van der Waals surface area (Å²) in [4.78, 5) is 41.1. The van der Waals surface area contributed by atoms with Gasteiger partial charge in [-0.25, -0.2) is 0 Å². The van der Waals surface area contributed by atoms with Crippen molar-refractivity contribution in [3.8, 4) is 17.2 Å². The Morgan fingerprint density at radius 1 is 0.420 bits per heavy atom. The third-order valence-electron chi connectivity index (χ3n) is 11.5. The van der Waals surface area contributed by atoms with E-state index in [1.165, 1.54) is 48.8 Å². The molecule has 0 spiro atoms. The van der Waals surface area contributed by atoms with Crippen LogP contribution in [0.1, 0.15) is 137 Å². The Balaban J connectivity index is 0.000000518. The highest BCUT2D eigenvalue weighted by molar-refractivity contribution is 5.86. The standard InChI is InChI=1S/C20H34N2O2.C19H32N2O2.C18H30N2O2/c1-6-7-8-9-15-24-18-12-10-11-17(16-18)13-14-21-20(2,3)19(23)22(4)5;1-6-7-8-14-23-17-11-9-10-16(15-17)12-13-20-19(2,3)18(22)21(4)5;1-6-7-13-22-16-10-8-9-15(14-16)11-12-19-18(2,3)17(21)20(4)5/h10-12,16,21H,6-9,13-15H2,1-5H3;9-11,15,20H,6-8,12-14H2,1-5H3;8-10,14,19H,6-7,11-13H2,1-5H3. The van der Waals surface area contributed by atoms with Crippen LogP contribution in [-0.4, -0.2) is 131 Å². The number of carbonyl (C=O) groups excluding carboxylic acids is 3. The highest BCUT2D eigenvalue weighted by atomic mass is 16.5. The summed E-state index contributed by atoms with van der Waals surface area (Å²) in [5.41, 5.74) is 2.03. The lowest BCUT2D eigenvalue weighted by atomic mass is 10.0. The van der Waals surface area contributed by atoms with Crippen molar-refractivity contribution in [2.75, 3.05) is 81.7 Å². The Bertz CT molecular complexity index is 1880. The molecule has 0 saturated heterocycles. The van der Waals surface area contributed by atoms with Crippen LogP contribution >= 0.6 is 0 Å². The van der Waals surface area contributed by atoms with E-state index in [4.69, 9.17) is 14.2 Å². The van der Waals surface area contributed by atoms with Gasteiger partial charge in [-0.15, -0.1) is 0 Å². The van der Waals surface area contributed by atoms with Crippen molar-refractivity contribution in [3.05, 3.63) is 89.5 Å². The Morgan fingerprint density at radius 2 is 0.696 bits per heavy atom. The minimum atomic E-state index is -0.545. The summed E-state index contributed by atoms with van der Waals surface area (Å²) >= 11 is 0. The number of nitrogens with one attached hydrogen (secondary N) is 3. The van der Waals surface area contributed by atoms with Gasteiger partial charge in [-0.2, -0.15) is 0 Å². The van der Waals surface area contributed by atoms with Gasteiger partial charge >= 0.3 is 0 Å². The first-order valence-electron chi connectivity index (χ1n) is 25.7. The Labute approximate surface area is 420 Å². The summed E-state index contributed by atoms with van der Waals surface area (Å²) < 4.78 is 17.3. The number of benzene rings is 3. The summed E-state index contributed by atoms with van der Waals surface area (Å²) in [5.74, 6) is 3.06. The molecule has 0 atom stereocenters. The number of carbonyl (C=O) groups is 3. The van der Waals surface area contributed by atoms with Gasteiger partial charge in [0.25, 0.3) is 0 Å². The van der Waals surface area contributed by atoms with Crippen LogP contribution in [0.2, 0.25) is 0 Å². The summed E-state index contributed by atoms with van der Waals surface area (Å²) in [5, 5.41) is 10.0. The van der Waals surface area contributed by atoms with Crippen LogP contribution in [0.5, 0.6) is 17.2 Å². The molecule has 0 fully saturated rings. The molecule has 0 radical (unpaired) electrons. The van der Waals surface area contributed by atoms with Gasteiger partial charge in [-0.3, -0.25) is 14.4 Å². The molecule has 3 aromatic rings. The molecule has 3 rings (SSSR count). The molecule has 0 aliphatic heterocycles. The first-order chi connectivity index (χ1) is 32.6. The zero-order valence-corrected chi connectivity index (χ0v) is 45.9. The average Bonchev–Trinajstić information content (AvgIpc) is 3.30. The van der Waals surface area contributed by atoms with Crippen LogP contribution in [0.25, 0.3) is 0 Å². The average molecular weight is 961 g/mol. The van der Waals surface area contributed by atoms with Gasteiger partial charge < -0.3 is 44.9 Å². The number of hydrogen-bond acceptors (Lipinski definition) is 9. The minimum Gasteiger partial charge on any atom is -0.494 e. The van der Waals surface area contributed by atoms with Crippen molar-refractivity contribution in [3.63, 3.8) is 0 Å². The van der Waals surface area contributed by atoms with Crippen LogP contribution < -0.4 is 30.2 Å². The predicted molar refractivity (Wildman–Crippen MR) is 288 cm³/mol. The number of unbranched alkanes of at least 4 members (excludes halogenated alkanes) is 6. The van der Waals surface area contributed by atoms with Gasteiger partial charge in [0.15, 0.2) is 0 Å². The van der Waals surface area contributed by atoms with E-state index < -0.39 is 16.6 Å². The zero-order valence-electron chi connectivity index (χ0n) is 45.9. The van der Waals surface area contributed by atoms with E-state index in [-0.39, 0.29) is 17.7 Å². The van der Waals surface area contributed by atoms with Crippen molar-refractivity contribution < 1.29 is 28.6 Å². The third kappa shape index (κ3) is 26.8. The molecule has 0 heterocycles. The van der Waals surface area contributed by atoms with E-state index in [1.54, 1.807) is 57.0 Å². The maximum Gasteiger partial charge on any atom is 0.241 e. The molecular formula is C57H96N6O6. The lowest BCUT2D eigenvalue weighted by Crippen LogP contribution is -2.52. The molecule has 0 aromatic heterocycles. The summed E-state index contributed by atoms with van der Waals surface area (Å²) in [6.45, 7) is 22.7. The van der Waals surface area contributed by atoms with Crippen LogP contribution in [0.15, 0.2) is 72.8 Å². The molecule has 390 valence electrons. The van der Waals surface area contributed by atoms with E-state index in [9.17, 15) is 14.4 Å². The molecule has 3 N–H and O–H groups in total. The van der Waals surface area contributed by atoms with Crippen LogP contribution in [0, 0.1) is 0 Å². The maximum absolute atomic E-state index is 12.1. The highest BCUT2D eigenvalue weighted by Crippen LogP contribution is 2.18. The van der Waals surface area contributed by atoms with Crippen molar-refractivity contribution >= 4 is 17.7 Å². The SMILES string of the molecule is CCCCCCOc1cccc(CCNC(C)(C)C(=O)N(C)C)c1.CCCCCOc1cccc(CCNC(C)(C)C(=O)N(C)C)c1.CCCCOc1cccc(CCNC(C)(C)C(=O)N(C)C)c1. The second-order valence-electron chi connectivity index (χ2n) is 20.1. The first kappa shape index (κ1) is 62.4. The smallest absolute Gasteiger partial charge is 0.241 e. The molecule has 3 amide bonds. The van der Waals surface area contributed by atoms with Gasteiger partial charge in [-0.1, -0.05) is 95.7 Å². The fraction of sp³-hybridized carbons (Fsp3) is 0.632. The second-order valence-corrected chi connectivity index (χ2v) is 20.1. The molecule has 0 saturated carbocycles. The molecule has 0 bridgehead atoms. The minimum absolute atomic E-state index is 0.0872. The molecule has 12 nitrogen and oxygen atoms in total. The van der Waals surface area contributed by atoms with Crippen molar-refractivity contribution in [1.29, 1.82) is 0 Å².